The molecule has 0 amide bonds. The molecule has 0 unspecified atom stereocenters. The molecule has 0 atom stereocenters. The van der Waals surface area contributed by atoms with Crippen molar-refractivity contribution in [2.75, 3.05) is 25.0 Å². The average Bonchev–Trinajstić information content (AvgIpc) is 2.42. The van der Waals surface area contributed by atoms with Crippen molar-refractivity contribution in [3.05, 3.63) is 51.9 Å². The van der Waals surface area contributed by atoms with Gasteiger partial charge in [0.2, 0.25) is 0 Å². The van der Waals surface area contributed by atoms with Crippen LogP contribution >= 0.6 is 15.9 Å². The minimum absolute atomic E-state index is 0.577. The zero-order valence-corrected chi connectivity index (χ0v) is 14.8. The fourth-order valence-electron chi connectivity index (χ4n) is 2.80. The quantitative estimate of drug-likeness (QED) is 0.837. The Balaban J connectivity index is 1.60. The van der Waals surface area contributed by atoms with Crippen LogP contribution in [-0.4, -0.2) is 41.0 Å². The van der Waals surface area contributed by atoms with Crippen LogP contribution in [0.5, 0.6) is 0 Å². The summed E-state index contributed by atoms with van der Waals surface area (Å²) < 4.78 is 1.14. The zero-order chi connectivity index (χ0) is 15.7. The maximum atomic E-state index is 4.44. The Morgan fingerprint density at radius 2 is 2.05 bits per heavy atom. The molecular weight excluding hydrogens is 340 g/mol. The van der Waals surface area contributed by atoms with Gasteiger partial charge in [-0.25, -0.2) is 9.97 Å². The summed E-state index contributed by atoms with van der Waals surface area (Å²) >= 11 is 3.53. The molecule has 0 aliphatic carbocycles. The van der Waals surface area contributed by atoms with Gasteiger partial charge in [0.15, 0.2) is 0 Å². The van der Waals surface area contributed by atoms with Crippen LogP contribution in [0.15, 0.2) is 35.1 Å². The van der Waals surface area contributed by atoms with Crippen LogP contribution in [0.3, 0.4) is 0 Å². The largest absolute Gasteiger partial charge is 0.353 e. The Morgan fingerprint density at radius 1 is 1.27 bits per heavy atom. The third-order valence-corrected chi connectivity index (χ3v) is 4.91. The molecule has 0 N–H and O–H groups in total. The van der Waals surface area contributed by atoms with Gasteiger partial charge in [-0.3, -0.25) is 4.90 Å². The number of aromatic nitrogens is 2. The number of benzene rings is 1. The monoisotopic (exact) mass is 360 g/mol. The Kier molecular flexibility index (Phi) is 4.45. The highest BCUT2D eigenvalue weighted by molar-refractivity contribution is 9.10. The van der Waals surface area contributed by atoms with E-state index in [1.165, 1.54) is 11.1 Å². The lowest BCUT2D eigenvalue weighted by Crippen LogP contribution is -2.58. The molecule has 0 spiro atoms. The lowest BCUT2D eigenvalue weighted by Gasteiger charge is -2.45. The van der Waals surface area contributed by atoms with E-state index in [2.05, 4.69) is 73.9 Å². The zero-order valence-electron chi connectivity index (χ0n) is 13.3. The van der Waals surface area contributed by atoms with Crippen LogP contribution in [0.1, 0.15) is 16.8 Å². The SMILES string of the molecule is Cc1ncnc(N2CC(N(C)Cc3cccc(Br)c3)C2)c1C. The molecular formula is C17H21BrN4. The number of rotatable bonds is 4. The van der Waals surface area contributed by atoms with Crippen molar-refractivity contribution in [2.24, 2.45) is 0 Å². The van der Waals surface area contributed by atoms with E-state index in [0.29, 0.717) is 6.04 Å². The average molecular weight is 361 g/mol. The van der Waals surface area contributed by atoms with E-state index in [4.69, 9.17) is 0 Å². The Bertz CT molecular complexity index is 667. The fraction of sp³-hybridized carbons (Fsp3) is 0.412. The van der Waals surface area contributed by atoms with Gasteiger partial charge in [0, 0.05) is 41.4 Å². The van der Waals surface area contributed by atoms with Crippen LogP contribution in [0.2, 0.25) is 0 Å². The van der Waals surface area contributed by atoms with Gasteiger partial charge < -0.3 is 4.90 Å². The molecule has 2 heterocycles. The van der Waals surface area contributed by atoms with E-state index in [1.54, 1.807) is 6.33 Å². The first-order valence-corrected chi connectivity index (χ1v) is 8.31. The predicted molar refractivity (Wildman–Crippen MR) is 93.1 cm³/mol. The summed E-state index contributed by atoms with van der Waals surface area (Å²) in [7, 11) is 2.20. The number of nitrogens with zero attached hydrogens (tertiary/aromatic N) is 4. The van der Waals surface area contributed by atoms with E-state index in [-0.39, 0.29) is 0 Å². The summed E-state index contributed by atoms with van der Waals surface area (Å²) in [5, 5.41) is 0. The van der Waals surface area contributed by atoms with Gasteiger partial charge in [0.1, 0.15) is 12.1 Å². The summed E-state index contributed by atoms with van der Waals surface area (Å²) in [6, 6.07) is 9.09. The van der Waals surface area contributed by atoms with Crippen molar-refractivity contribution in [2.45, 2.75) is 26.4 Å². The van der Waals surface area contributed by atoms with Crippen LogP contribution < -0.4 is 4.90 Å². The highest BCUT2D eigenvalue weighted by atomic mass is 79.9. The summed E-state index contributed by atoms with van der Waals surface area (Å²) in [6.45, 7) is 7.17. The van der Waals surface area contributed by atoms with E-state index in [1.807, 2.05) is 6.92 Å². The first-order valence-electron chi connectivity index (χ1n) is 7.52. The molecule has 2 aromatic rings. The van der Waals surface area contributed by atoms with Crippen molar-refractivity contribution in [3.63, 3.8) is 0 Å². The van der Waals surface area contributed by atoms with E-state index < -0.39 is 0 Å². The van der Waals surface area contributed by atoms with Gasteiger partial charge >= 0.3 is 0 Å². The second kappa shape index (κ2) is 6.34. The third kappa shape index (κ3) is 3.15. The van der Waals surface area contributed by atoms with Crippen LogP contribution in [0, 0.1) is 13.8 Å². The number of anilines is 1. The molecule has 0 saturated carbocycles. The number of likely N-dealkylation sites (N-methyl/N-ethyl adjacent to an activating group) is 1. The van der Waals surface area contributed by atoms with Gasteiger partial charge in [-0.2, -0.15) is 0 Å². The van der Waals surface area contributed by atoms with Crippen molar-refractivity contribution in [1.82, 2.24) is 14.9 Å². The molecule has 1 aromatic heterocycles. The summed E-state index contributed by atoms with van der Waals surface area (Å²) in [4.78, 5) is 13.4. The lowest BCUT2D eigenvalue weighted by molar-refractivity contribution is 0.196. The first kappa shape index (κ1) is 15.4. The number of aryl methyl sites for hydroxylation is 1. The predicted octanol–water partition coefficient (Wildman–Crippen LogP) is 3.18. The Hall–Kier alpha value is -1.46. The molecule has 1 aromatic carbocycles. The molecule has 1 aliphatic heterocycles. The normalized spacial score (nSPS) is 15.2. The van der Waals surface area contributed by atoms with E-state index in [0.717, 1.165) is 35.6 Å². The Labute approximate surface area is 140 Å². The molecule has 116 valence electrons. The maximum absolute atomic E-state index is 4.44. The van der Waals surface area contributed by atoms with Gasteiger partial charge in [-0.15, -0.1) is 0 Å². The molecule has 1 aliphatic rings. The van der Waals surface area contributed by atoms with Crippen molar-refractivity contribution in [3.8, 4) is 0 Å². The molecule has 5 heteroatoms. The van der Waals surface area contributed by atoms with E-state index in [9.17, 15) is 0 Å². The molecule has 1 fully saturated rings. The molecule has 4 nitrogen and oxygen atoms in total. The highest BCUT2D eigenvalue weighted by Crippen LogP contribution is 2.26. The molecule has 0 bridgehead atoms. The molecule has 0 radical (unpaired) electrons. The molecule has 22 heavy (non-hydrogen) atoms. The van der Waals surface area contributed by atoms with Crippen molar-refractivity contribution >= 4 is 21.7 Å². The van der Waals surface area contributed by atoms with Crippen LogP contribution in [0.25, 0.3) is 0 Å². The minimum Gasteiger partial charge on any atom is -0.353 e. The fourth-order valence-corrected chi connectivity index (χ4v) is 3.25. The maximum Gasteiger partial charge on any atom is 0.135 e. The first-order chi connectivity index (χ1) is 10.5. The van der Waals surface area contributed by atoms with Gasteiger partial charge in [0.25, 0.3) is 0 Å². The topological polar surface area (TPSA) is 32.3 Å². The van der Waals surface area contributed by atoms with Crippen molar-refractivity contribution in [1.29, 1.82) is 0 Å². The second-order valence-corrected chi connectivity index (χ2v) is 6.93. The van der Waals surface area contributed by atoms with Crippen LogP contribution in [0.4, 0.5) is 5.82 Å². The minimum atomic E-state index is 0.577. The summed E-state index contributed by atoms with van der Waals surface area (Å²) in [5.41, 5.74) is 3.59. The van der Waals surface area contributed by atoms with Crippen LogP contribution in [-0.2, 0) is 6.54 Å². The third-order valence-electron chi connectivity index (χ3n) is 4.42. The smallest absolute Gasteiger partial charge is 0.135 e. The van der Waals surface area contributed by atoms with Crippen molar-refractivity contribution < 1.29 is 0 Å². The van der Waals surface area contributed by atoms with Gasteiger partial charge in [0.05, 0.1) is 0 Å². The standard InChI is InChI=1S/C17H21BrN4/c1-12-13(2)19-11-20-17(12)22-9-16(10-22)21(3)8-14-5-4-6-15(18)7-14/h4-7,11,16H,8-10H2,1-3H3. The van der Waals surface area contributed by atoms with Gasteiger partial charge in [-0.05, 0) is 38.6 Å². The molecule has 3 rings (SSSR count). The summed E-state index contributed by atoms with van der Waals surface area (Å²) in [6.07, 6.45) is 1.66. The number of halogens is 1. The van der Waals surface area contributed by atoms with E-state index >= 15 is 0 Å². The highest BCUT2D eigenvalue weighted by Gasteiger charge is 2.31. The number of hydrogen-bond donors (Lipinski definition) is 0. The lowest BCUT2D eigenvalue weighted by atomic mass is 10.1. The summed E-state index contributed by atoms with van der Waals surface area (Å²) in [5.74, 6) is 1.08. The second-order valence-electron chi connectivity index (χ2n) is 6.01. The number of hydrogen-bond acceptors (Lipinski definition) is 4. The Morgan fingerprint density at radius 3 is 2.77 bits per heavy atom. The van der Waals surface area contributed by atoms with Gasteiger partial charge in [-0.1, -0.05) is 28.1 Å². The molecule has 1 saturated heterocycles.